The maximum absolute atomic E-state index is 10.7. The van der Waals surface area contributed by atoms with E-state index in [1.807, 2.05) is 13.0 Å². The van der Waals surface area contributed by atoms with Crippen LogP contribution in [0.4, 0.5) is 0 Å². The van der Waals surface area contributed by atoms with Crippen molar-refractivity contribution in [3.05, 3.63) is 29.8 Å². The van der Waals surface area contributed by atoms with Gasteiger partial charge in [0.15, 0.2) is 0 Å². The zero-order valence-corrected chi connectivity index (χ0v) is 11.4. The van der Waals surface area contributed by atoms with Gasteiger partial charge >= 0.3 is 0 Å². The highest BCUT2D eigenvalue weighted by Crippen LogP contribution is 2.16. The molecule has 0 bridgehead atoms. The molecule has 2 atom stereocenters. The Morgan fingerprint density at radius 1 is 1.55 bits per heavy atom. The molecule has 0 aliphatic heterocycles. The summed E-state index contributed by atoms with van der Waals surface area (Å²) in [5, 5.41) is 21.6. The SMILES string of the molecule is CC(CC(N)=O)NCC(O)COc1ccccc1C#N. The van der Waals surface area contributed by atoms with Crippen LogP contribution in [0, 0.1) is 11.3 Å². The molecule has 20 heavy (non-hydrogen) atoms. The molecule has 4 N–H and O–H groups in total. The minimum atomic E-state index is -0.739. The Labute approximate surface area is 118 Å². The first kappa shape index (κ1) is 16.0. The summed E-state index contributed by atoms with van der Waals surface area (Å²) in [6.07, 6.45) is -0.526. The smallest absolute Gasteiger partial charge is 0.218 e. The second-order valence-corrected chi connectivity index (χ2v) is 4.55. The van der Waals surface area contributed by atoms with E-state index in [2.05, 4.69) is 5.32 Å². The third-order valence-electron chi connectivity index (χ3n) is 2.65. The second kappa shape index (κ2) is 8.15. The van der Waals surface area contributed by atoms with Gasteiger partial charge in [-0.05, 0) is 19.1 Å². The Hall–Kier alpha value is -2.10. The summed E-state index contributed by atoms with van der Waals surface area (Å²) < 4.78 is 5.40. The number of carbonyl (C=O) groups excluding carboxylic acids is 1. The first-order valence-corrected chi connectivity index (χ1v) is 6.34. The molecular weight excluding hydrogens is 258 g/mol. The molecule has 1 amide bonds. The fourth-order valence-corrected chi connectivity index (χ4v) is 1.64. The number of rotatable bonds is 8. The molecule has 0 saturated heterocycles. The summed E-state index contributed by atoms with van der Waals surface area (Å²) in [5.74, 6) is 0.0536. The van der Waals surface area contributed by atoms with E-state index in [4.69, 9.17) is 15.7 Å². The van der Waals surface area contributed by atoms with Crippen molar-refractivity contribution < 1.29 is 14.6 Å². The molecule has 0 aromatic heterocycles. The van der Waals surface area contributed by atoms with Crippen LogP contribution in [0.15, 0.2) is 24.3 Å². The first-order valence-electron chi connectivity index (χ1n) is 6.34. The summed E-state index contributed by atoms with van der Waals surface area (Å²) >= 11 is 0. The van der Waals surface area contributed by atoms with Crippen LogP contribution < -0.4 is 15.8 Å². The number of hydrogen-bond donors (Lipinski definition) is 3. The van der Waals surface area contributed by atoms with Crippen LogP contribution in [0.25, 0.3) is 0 Å². The molecule has 2 unspecified atom stereocenters. The Morgan fingerprint density at radius 2 is 2.25 bits per heavy atom. The molecule has 1 rings (SSSR count). The number of para-hydroxylation sites is 1. The molecule has 0 saturated carbocycles. The van der Waals surface area contributed by atoms with E-state index in [1.165, 1.54) is 0 Å². The van der Waals surface area contributed by atoms with E-state index in [9.17, 15) is 9.90 Å². The van der Waals surface area contributed by atoms with Crippen molar-refractivity contribution >= 4 is 5.91 Å². The predicted molar refractivity (Wildman–Crippen MR) is 73.9 cm³/mol. The summed E-state index contributed by atoms with van der Waals surface area (Å²) in [4.78, 5) is 10.7. The first-order chi connectivity index (χ1) is 9.52. The monoisotopic (exact) mass is 277 g/mol. The van der Waals surface area contributed by atoms with Crippen LogP contribution in [0.2, 0.25) is 0 Å². The molecule has 6 heteroatoms. The topological polar surface area (TPSA) is 108 Å². The lowest BCUT2D eigenvalue weighted by Gasteiger charge is -2.17. The number of hydrogen-bond acceptors (Lipinski definition) is 5. The van der Waals surface area contributed by atoms with Crippen LogP contribution in [-0.4, -0.2) is 36.3 Å². The van der Waals surface area contributed by atoms with Crippen molar-refractivity contribution in [3.8, 4) is 11.8 Å². The van der Waals surface area contributed by atoms with E-state index < -0.39 is 12.0 Å². The second-order valence-electron chi connectivity index (χ2n) is 4.55. The van der Waals surface area contributed by atoms with E-state index in [0.29, 0.717) is 11.3 Å². The standard InChI is InChI=1S/C14H19N3O3/c1-10(6-14(16)19)17-8-12(18)9-20-13-5-3-2-4-11(13)7-15/h2-5,10,12,17-18H,6,8-9H2,1H3,(H2,16,19). The maximum atomic E-state index is 10.7. The molecule has 0 heterocycles. The minimum Gasteiger partial charge on any atom is -0.489 e. The van der Waals surface area contributed by atoms with E-state index in [-0.39, 0.29) is 25.6 Å². The molecule has 0 radical (unpaired) electrons. The van der Waals surface area contributed by atoms with Crippen LogP contribution in [-0.2, 0) is 4.79 Å². The minimum absolute atomic E-state index is 0.0645. The van der Waals surface area contributed by atoms with Crippen molar-refractivity contribution in [1.82, 2.24) is 5.32 Å². The molecular formula is C14H19N3O3. The Morgan fingerprint density at radius 3 is 2.90 bits per heavy atom. The van der Waals surface area contributed by atoms with Gasteiger partial charge in [0.1, 0.15) is 24.5 Å². The van der Waals surface area contributed by atoms with Gasteiger partial charge in [-0.25, -0.2) is 0 Å². The van der Waals surface area contributed by atoms with E-state index in [1.54, 1.807) is 24.3 Å². The average molecular weight is 277 g/mol. The number of aliphatic hydroxyl groups excluding tert-OH is 1. The fraction of sp³-hybridized carbons (Fsp3) is 0.429. The number of carbonyl (C=O) groups is 1. The lowest BCUT2D eigenvalue weighted by molar-refractivity contribution is -0.118. The summed E-state index contributed by atoms with van der Waals surface area (Å²) in [6.45, 7) is 2.15. The highest BCUT2D eigenvalue weighted by molar-refractivity contribution is 5.74. The van der Waals surface area contributed by atoms with Crippen LogP contribution >= 0.6 is 0 Å². The highest BCUT2D eigenvalue weighted by Gasteiger charge is 2.10. The molecule has 108 valence electrons. The van der Waals surface area contributed by atoms with Gasteiger partial charge in [-0.3, -0.25) is 4.79 Å². The van der Waals surface area contributed by atoms with Crippen LogP contribution in [0.3, 0.4) is 0 Å². The number of amides is 1. The quantitative estimate of drug-likeness (QED) is 0.627. The van der Waals surface area contributed by atoms with Crippen LogP contribution in [0.1, 0.15) is 18.9 Å². The molecule has 0 spiro atoms. The fourth-order valence-electron chi connectivity index (χ4n) is 1.64. The van der Waals surface area contributed by atoms with Crippen LogP contribution in [0.5, 0.6) is 5.75 Å². The normalized spacial score (nSPS) is 13.2. The zero-order valence-electron chi connectivity index (χ0n) is 11.4. The van der Waals surface area contributed by atoms with Gasteiger partial charge in [0, 0.05) is 19.0 Å². The van der Waals surface area contributed by atoms with E-state index in [0.717, 1.165) is 0 Å². The van der Waals surface area contributed by atoms with Gasteiger partial charge in [-0.2, -0.15) is 5.26 Å². The van der Waals surface area contributed by atoms with Gasteiger partial charge in [0.25, 0.3) is 0 Å². The maximum Gasteiger partial charge on any atom is 0.218 e. The lowest BCUT2D eigenvalue weighted by atomic mass is 10.2. The molecule has 1 aromatic carbocycles. The van der Waals surface area contributed by atoms with Crippen molar-refractivity contribution in [1.29, 1.82) is 5.26 Å². The Bertz CT molecular complexity index is 485. The third kappa shape index (κ3) is 5.69. The van der Waals surface area contributed by atoms with Crippen molar-refractivity contribution in [2.45, 2.75) is 25.5 Å². The van der Waals surface area contributed by atoms with Gasteiger partial charge in [-0.15, -0.1) is 0 Å². The van der Waals surface area contributed by atoms with E-state index >= 15 is 0 Å². The van der Waals surface area contributed by atoms with Gasteiger partial charge in [-0.1, -0.05) is 12.1 Å². The number of nitrogens with zero attached hydrogens (tertiary/aromatic N) is 1. The number of benzene rings is 1. The lowest BCUT2D eigenvalue weighted by Crippen LogP contribution is -2.38. The number of aliphatic hydroxyl groups is 1. The number of nitrogens with two attached hydrogens (primary N) is 1. The third-order valence-corrected chi connectivity index (χ3v) is 2.65. The Kier molecular flexibility index (Phi) is 6.50. The summed E-state index contributed by atoms with van der Waals surface area (Å²) in [5.41, 5.74) is 5.50. The van der Waals surface area contributed by atoms with Gasteiger partial charge in [0.05, 0.1) is 5.56 Å². The molecule has 0 aliphatic rings. The van der Waals surface area contributed by atoms with Gasteiger partial charge in [0.2, 0.25) is 5.91 Å². The number of nitriles is 1. The predicted octanol–water partition coefficient (Wildman–Crippen LogP) is 0.151. The molecule has 1 aromatic rings. The Balaban J connectivity index is 2.35. The zero-order chi connectivity index (χ0) is 15.0. The van der Waals surface area contributed by atoms with Crippen molar-refractivity contribution in [3.63, 3.8) is 0 Å². The summed E-state index contributed by atoms with van der Waals surface area (Å²) in [6, 6.07) is 8.74. The van der Waals surface area contributed by atoms with Crippen molar-refractivity contribution in [2.75, 3.05) is 13.2 Å². The van der Waals surface area contributed by atoms with Crippen molar-refractivity contribution in [2.24, 2.45) is 5.73 Å². The van der Waals surface area contributed by atoms with Gasteiger partial charge < -0.3 is 20.9 Å². The molecule has 0 fully saturated rings. The summed E-state index contributed by atoms with van der Waals surface area (Å²) in [7, 11) is 0. The number of primary amides is 1. The number of ether oxygens (including phenoxy) is 1. The highest BCUT2D eigenvalue weighted by atomic mass is 16.5. The molecule has 0 aliphatic carbocycles. The average Bonchev–Trinajstić information content (AvgIpc) is 2.42. The largest absolute Gasteiger partial charge is 0.489 e. The molecule has 6 nitrogen and oxygen atoms in total. The number of nitrogens with one attached hydrogen (secondary N) is 1.